The molecule has 206 valence electrons. The molecular weight excluding hydrogens is 510 g/mol. The third-order valence-corrected chi connectivity index (χ3v) is 8.49. The van der Waals surface area contributed by atoms with E-state index < -0.39 is 30.2 Å². The molecule has 1 saturated heterocycles. The Morgan fingerprint density at radius 3 is 2.48 bits per heavy atom. The molecule has 0 radical (unpaired) electrons. The lowest BCUT2D eigenvalue weighted by Gasteiger charge is -2.29. The Labute approximate surface area is 232 Å². The summed E-state index contributed by atoms with van der Waals surface area (Å²) in [6.45, 7) is 3.62. The second-order valence-corrected chi connectivity index (χ2v) is 11.3. The van der Waals surface area contributed by atoms with Gasteiger partial charge in [0.25, 0.3) is 0 Å². The molecule has 1 aromatic heterocycles. The lowest BCUT2D eigenvalue weighted by Crippen LogP contribution is -2.48. The van der Waals surface area contributed by atoms with Gasteiger partial charge in [0.05, 0.1) is 29.9 Å². The van der Waals surface area contributed by atoms with Gasteiger partial charge in [-0.25, -0.2) is 13.8 Å². The van der Waals surface area contributed by atoms with Gasteiger partial charge in [-0.05, 0) is 60.1 Å². The van der Waals surface area contributed by atoms with Gasteiger partial charge in [-0.3, -0.25) is 9.59 Å². The Hall–Kier alpha value is -4.07. The number of hydrogen-bond acceptors (Lipinski definition) is 3. The monoisotopic (exact) mass is 542 g/mol. The molecule has 6 nitrogen and oxygen atoms in total. The number of rotatable bonds is 7. The highest BCUT2D eigenvalue weighted by molar-refractivity contribution is 5.91. The van der Waals surface area contributed by atoms with Gasteiger partial charge in [-0.2, -0.15) is 0 Å². The van der Waals surface area contributed by atoms with Crippen LogP contribution in [0.2, 0.25) is 0 Å². The van der Waals surface area contributed by atoms with Crippen molar-refractivity contribution >= 4 is 22.8 Å². The maximum atomic E-state index is 15.2. The van der Waals surface area contributed by atoms with Crippen LogP contribution >= 0.6 is 0 Å². The summed E-state index contributed by atoms with van der Waals surface area (Å²) in [4.78, 5) is 33.1. The summed E-state index contributed by atoms with van der Waals surface area (Å²) >= 11 is 0. The molecule has 4 aromatic rings. The highest BCUT2D eigenvalue weighted by atomic mass is 19.1. The first-order valence-corrected chi connectivity index (χ1v) is 13.8. The number of nitrogens with one attached hydrogen (secondary N) is 1. The third kappa shape index (κ3) is 4.76. The van der Waals surface area contributed by atoms with Crippen LogP contribution in [0.15, 0.2) is 79.1 Å². The summed E-state index contributed by atoms with van der Waals surface area (Å²) in [6.07, 6.45) is 2.08. The largest absolute Gasteiger partial charge is 0.343 e. The standard InChI is InChI=1S/C32H32F2N4O2/c1-20(38-19-35-26-10-6-7-11-27(26)38)31(40)37-18-23(33)17-28(37)30(39)36-29(21-8-4-3-5-9-21)22-12-13-24(25(34)16-22)32(2)14-15-32/h3-13,16,19-20,23,28-29H,14-15,17-18H2,1-2H3,(H,36,39). The zero-order valence-corrected chi connectivity index (χ0v) is 22.6. The van der Waals surface area contributed by atoms with Crippen LogP contribution in [0.4, 0.5) is 8.78 Å². The second-order valence-electron chi connectivity index (χ2n) is 11.3. The smallest absolute Gasteiger partial charge is 0.246 e. The predicted molar refractivity (Wildman–Crippen MR) is 149 cm³/mol. The summed E-state index contributed by atoms with van der Waals surface area (Å²) < 4.78 is 31.7. The molecule has 6 rings (SSSR count). The Morgan fingerprint density at radius 2 is 1.75 bits per heavy atom. The molecule has 1 aliphatic carbocycles. The van der Waals surface area contributed by atoms with E-state index in [-0.39, 0.29) is 30.1 Å². The normalized spacial score (nSPS) is 21.2. The maximum absolute atomic E-state index is 15.2. The predicted octanol–water partition coefficient (Wildman–Crippen LogP) is 5.63. The topological polar surface area (TPSA) is 67.2 Å². The SMILES string of the molecule is CC(C(=O)N1CC(F)CC1C(=O)NC(c1ccccc1)c1ccc(C2(C)CC2)c(F)c1)n1cnc2ccccc21. The molecule has 3 aromatic carbocycles. The van der Waals surface area contributed by atoms with Crippen molar-refractivity contribution in [3.63, 3.8) is 0 Å². The molecule has 1 saturated carbocycles. The molecule has 1 aliphatic heterocycles. The van der Waals surface area contributed by atoms with Gasteiger partial charge in [-0.15, -0.1) is 0 Å². The van der Waals surface area contributed by atoms with Gasteiger partial charge in [-0.1, -0.05) is 61.5 Å². The van der Waals surface area contributed by atoms with Crippen molar-refractivity contribution in [2.45, 2.75) is 62.8 Å². The fourth-order valence-corrected chi connectivity index (χ4v) is 5.82. The molecule has 2 amide bonds. The Morgan fingerprint density at radius 1 is 1.02 bits per heavy atom. The van der Waals surface area contributed by atoms with Crippen LogP contribution < -0.4 is 5.32 Å². The van der Waals surface area contributed by atoms with Crippen LogP contribution in [0.25, 0.3) is 11.0 Å². The first-order valence-electron chi connectivity index (χ1n) is 13.8. The van der Waals surface area contributed by atoms with Crippen molar-refractivity contribution < 1.29 is 18.4 Å². The molecule has 40 heavy (non-hydrogen) atoms. The highest BCUT2D eigenvalue weighted by Gasteiger charge is 2.43. The van der Waals surface area contributed by atoms with E-state index in [1.165, 1.54) is 11.0 Å². The number of imidazole rings is 1. The first kappa shape index (κ1) is 26.2. The molecule has 2 aliphatic rings. The lowest BCUT2D eigenvalue weighted by atomic mass is 9.92. The van der Waals surface area contributed by atoms with Gasteiger partial charge in [0.15, 0.2) is 0 Å². The second kappa shape index (κ2) is 10.2. The number of carbonyl (C=O) groups is 2. The van der Waals surface area contributed by atoms with Crippen molar-refractivity contribution in [1.29, 1.82) is 0 Å². The van der Waals surface area contributed by atoms with Crippen LogP contribution in [-0.4, -0.2) is 45.0 Å². The minimum Gasteiger partial charge on any atom is -0.343 e. The Bertz CT molecular complexity index is 1570. The van der Waals surface area contributed by atoms with Crippen LogP contribution in [0.1, 0.15) is 61.9 Å². The molecule has 1 N–H and O–H groups in total. The zero-order chi connectivity index (χ0) is 28.0. The van der Waals surface area contributed by atoms with E-state index >= 15 is 4.39 Å². The van der Waals surface area contributed by atoms with Crippen LogP contribution in [0, 0.1) is 5.82 Å². The van der Waals surface area contributed by atoms with Gasteiger partial charge in [0.1, 0.15) is 24.1 Å². The number of aromatic nitrogens is 2. The van der Waals surface area contributed by atoms with Crippen LogP contribution in [0.3, 0.4) is 0 Å². The number of hydrogen-bond donors (Lipinski definition) is 1. The van der Waals surface area contributed by atoms with E-state index in [4.69, 9.17) is 0 Å². The van der Waals surface area contributed by atoms with Crippen LogP contribution in [-0.2, 0) is 15.0 Å². The number of carbonyl (C=O) groups excluding carboxylic acids is 2. The number of amides is 2. The van der Waals surface area contributed by atoms with Crippen molar-refractivity contribution in [2.75, 3.05) is 6.54 Å². The average Bonchev–Trinajstić information content (AvgIpc) is 3.38. The molecule has 4 atom stereocenters. The molecule has 4 unspecified atom stereocenters. The number of alkyl halides is 1. The van der Waals surface area contributed by atoms with E-state index in [2.05, 4.69) is 10.3 Å². The summed E-state index contributed by atoms with van der Waals surface area (Å²) in [6, 6.07) is 19.6. The lowest BCUT2D eigenvalue weighted by molar-refractivity contribution is -0.140. The van der Waals surface area contributed by atoms with Gasteiger partial charge < -0.3 is 14.8 Å². The maximum Gasteiger partial charge on any atom is 0.246 e. The zero-order valence-electron chi connectivity index (χ0n) is 22.6. The minimum atomic E-state index is -1.32. The molecule has 2 fully saturated rings. The Kier molecular flexibility index (Phi) is 6.64. The van der Waals surface area contributed by atoms with E-state index in [9.17, 15) is 14.0 Å². The molecule has 8 heteroatoms. The van der Waals surface area contributed by atoms with E-state index in [1.54, 1.807) is 23.9 Å². The number of para-hydroxylation sites is 2. The third-order valence-electron chi connectivity index (χ3n) is 8.49. The van der Waals surface area contributed by atoms with E-state index in [0.717, 1.165) is 29.4 Å². The molecule has 0 bridgehead atoms. The number of halogens is 2. The van der Waals surface area contributed by atoms with E-state index in [0.29, 0.717) is 11.1 Å². The van der Waals surface area contributed by atoms with Gasteiger partial charge in [0, 0.05) is 6.42 Å². The van der Waals surface area contributed by atoms with Crippen molar-refractivity contribution in [2.24, 2.45) is 0 Å². The van der Waals surface area contributed by atoms with Crippen molar-refractivity contribution in [3.05, 3.63) is 102 Å². The van der Waals surface area contributed by atoms with E-state index in [1.807, 2.05) is 67.6 Å². The summed E-state index contributed by atoms with van der Waals surface area (Å²) in [5.74, 6) is -1.12. The number of nitrogens with zero attached hydrogens (tertiary/aromatic N) is 3. The molecular formula is C32H32F2N4O2. The molecule has 2 heterocycles. The van der Waals surface area contributed by atoms with Gasteiger partial charge in [0.2, 0.25) is 11.8 Å². The van der Waals surface area contributed by atoms with Crippen molar-refractivity contribution in [1.82, 2.24) is 19.8 Å². The number of benzene rings is 3. The van der Waals surface area contributed by atoms with Gasteiger partial charge >= 0.3 is 0 Å². The number of fused-ring (bicyclic) bond motifs is 1. The average molecular weight is 543 g/mol. The highest BCUT2D eigenvalue weighted by Crippen LogP contribution is 2.48. The summed E-state index contributed by atoms with van der Waals surface area (Å²) in [5, 5.41) is 3.02. The summed E-state index contributed by atoms with van der Waals surface area (Å²) in [7, 11) is 0. The fraction of sp³-hybridized carbons (Fsp3) is 0.344. The van der Waals surface area contributed by atoms with Crippen LogP contribution in [0.5, 0.6) is 0 Å². The quantitative estimate of drug-likeness (QED) is 0.329. The summed E-state index contributed by atoms with van der Waals surface area (Å²) in [5.41, 5.74) is 3.45. The number of likely N-dealkylation sites (tertiary alicyclic amines) is 1. The Balaban J connectivity index is 1.27. The van der Waals surface area contributed by atoms with Crippen molar-refractivity contribution in [3.8, 4) is 0 Å². The fourth-order valence-electron chi connectivity index (χ4n) is 5.82. The molecule has 0 spiro atoms. The minimum absolute atomic E-state index is 0.0951. The first-order chi connectivity index (χ1) is 19.2.